The largest absolute Gasteiger partial charge is 0.573 e. The lowest BCUT2D eigenvalue weighted by Gasteiger charge is -2.11. The van der Waals surface area contributed by atoms with Gasteiger partial charge in [-0.1, -0.05) is 0 Å². The van der Waals surface area contributed by atoms with Crippen LogP contribution in [0.5, 0.6) is 11.5 Å². The molecule has 0 heterocycles. The van der Waals surface area contributed by atoms with Crippen molar-refractivity contribution in [3.63, 3.8) is 0 Å². The van der Waals surface area contributed by atoms with Crippen molar-refractivity contribution >= 4 is 6.29 Å². The van der Waals surface area contributed by atoms with Gasteiger partial charge in [0.2, 0.25) is 0 Å². The molecule has 1 aromatic carbocycles. The van der Waals surface area contributed by atoms with Crippen molar-refractivity contribution < 1.29 is 27.8 Å². The molecule has 3 nitrogen and oxygen atoms in total. The first-order valence-corrected chi connectivity index (χ1v) is 3.88. The van der Waals surface area contributed by atoms with Gasteiger partial charge in [0.15, 0.2) is 6.29 Å². The fourth-order valence-corrected chi connectivity index (χ4v) is 1.06. The smallest absolute Gasteiger partial charge is 0.507 e. The molecular formula is C9H7F3O3. The summed E-state index contributed by atoms with van der Waals surface area (Å²) in [5, 5.41) is 9.25. The fraction of sp³-hybridized carbons (Fsp3) is 0.222. The third kappa shape index (κ3) is 2.87. The summed E-state index contributed by atoms with van der Waals surface area (Å²) in [5.74, 6) is -0.876. The fourth-order valence-electron chi connectivity index (χ4n) is 1.06. The van der Waals surface area contributed by atoms with Crippen LogP contribution in [0.25, 0.3) is 0 Å². The van der Waals surface area contributed by atoms with E-state index in [0.717, 1.165) is 12.1 Å². The number of alkyl halides is 3. The number of benzene rings is 1. The maximum absolute atomic E-state index is 11.8. The maximum Gasteiger partial charge on any atom is 0.573 e. The molecule has 0 aromatic heterocycles. The molecule has 0 radical (unpaired) electrons. The SMILES string of the molecule is Cc1cc(OC(F)(F)F)cc(C=O)c1O. The Labute approximate surface area is 83.1 Å². The van der Waals surface area contributed by atoms with Crippen LogP contribution in [0.3, 0.4) is 0 Å². The van der Waals surface area contributed by atoms with E-state index in [0.29, 0.717) is 0 Å². The van der Waals surface area contributed by atoms with E-state index in [4.69, 9.17) is 0 Å². The minimum absolute atomic E-state index is 0.138. The van der Waals surface area contributed by atoms with Crippen molar-refractivity contribution in [3.05, 3.63) is 23.3 Å². The molecule has 82 valence electrons. The lowest BCUT2D eigenvalue weighted by atomic mass is 10.1. The van der Waals surface area contributed by atoms with E-state index in [1.807, 2.05) is 0 Å². The molecule has 1 aromatic rings. The van der Waals surface area contributed by atoms with Crippen LogP contribution in [-0.4, -0.2) is 17.8 Å². The molecule has 0 fully saturated rings. The number of carbonyl (C=O) groups is 1. The standard InChI is InChI=1S/C9H7F3O3/c1-5-2-7(15-9(10,11)12)3-6(4-13)8(5)14/h2-4,14H,1H3. The molecular weight excluding hydrogens is 213 g/mol. The summed E-state index contributed by atoms with van der Waals surface area (Å²) in [6.07, 6.45) is -4.56. The molecule has 0 bridgehead atoms. The van der Waals surface area contributed by atoms with Crippen LogP contribution >= 0.6 is 0 Å². The molecule has 1 rings (SSSR count). The first-order valence-electron chi connectivity index (χ1n) is 3.88. The quantitative estimate of drug-likeness (QED) is 0.778. The summed E-state index contributed by atoms with van der Waals surface area (Å²) in [7, 11) is 0. The molecule has 0 saturated carbocycles. The van der Waals surface area contributed by atoms with Crippen molar-refractivity contribution in [1.29, 1.82) is 0 Å². The second-order valence-electron chi connectivity index (χ2n) is 2.84. The average molecular weight is 220 g/mol. The molecule has 0 aliphatic rings. The van der Waals surface area contributed by atoms with Crippen molar-refractivity contribution in [2.75, 3.05) is 0 Å². The van der Waals surface area contributed by atoms with Gasteiger partial charge in [-0.15, -0.1) is 13.2 Å². The minimum atomic E-state index is -4.82. The Morgan fingerprint density at radius 3 is 2.47 bits per heavy atom. The number of aryl methyl sites for hydroxylation is 1. The molecule has 0 atom stereocenters. The molecule has 0 saturated heterocycles. The predicted molar refractivity (Wildman–Crippen MR) is 44.9 cm³/mol. The van der Waals surface area contributed by atoms with Crippen molar-refractivity contribution in [3.8, 4) is 11.5 Å². The Hall–Kier alpha value is -1.72. The zero-order valence-electron chi connectivity index (χ0n) is 7.63. The number of hydrogen-bond acceptors (Lipinski definition) is 3. The predicted octanol–water partition coefficient (Wildman–Crippen LogP) is 2.41. The Balaban J connectivity index is 3.11. The van der Waals surface area contributed by atoms with Crippen LogP contribution < -0.4 is 4.74 Å². The number of carbonyl (C=O) groups excluding carboxylic acids is 1. The highest BCUT2D eigenvalue weighted by atomic mass is 19.4. The van der Waals surface area contributed by atoms with Gasteiger partial charge in [-0.05, 0) is 24.6 Å². The highest BCUT2D eigenvalue weighted by molar-refractivity contribution is 5.80. The molecule has 0 spiro atoms. The molecule has 0 aliphatic heterocycles. The normalized spacial score (nSPS) is 11.2. The number of halogens is 3. The Kier molecular flexibility index (Phi) is 2.88. The van der Waals surface area contributed by atoms with Crippen LogP contribution in [0, 0.1) is 6.92 Å². The van der Waals surface area contributed by atoms with Crippen molar-refractivity contribution in [2.45, 2.75) is 13.3 Å². The third-order valence-electron chi connectivity index (χ3n) is 1.66. The third-order valence-corrected chi connectivity index (χ3v) is 1.66. The molecule has 0 amide bonds. The number of aldehydes is 1. The molecule has 15 heavy (non-hydrogen) atoms. The van der Waals surface area contributed by atoms with Crippen LogP contribution in [0.1, 0.15) is 15.9 Å². The topological polar surface area (TPSA) is 46.5 Å². The maximum atomic E-state index is 11.8. The summed E-state index contributed by atoms with van der Waals surface area (Å²) >= 11 is 0. The lowest BCUT2D eigenvalue weighted by molar-refractivity contribution is -0.274. The van der Waals surface area contributed by atoms with Gasteiger partial charge in [-0.3, -0.25) is 4.79 Å². The summed E-state index contributed by atoms with van der Waals surface area (Å²) in [6, 6.07) is 1.82. The Morgan fingerprint density at radius 2 is 2.00 bits per heavy atom. The van der Waals surface area contributed by atoms with Gasteiger partial charge in [0.25, 0.3) is 0 Å². The second-order valence-corrected chi connectivity index (χ2v) is 2.84. The van der Waals surface area contributed by atoms with Gasteiger partial charge in [-0.2, -0.15) is 0 Å². The number of aromatic hydroxyl groups is 1. The van der Waals surface area contributed by atoms with E-state index >= 15 is 0 Å². The van der Waals surface area contributed by atoms with Crippen LogP contribution in [0.2, 0.25) is 0 Å². The summed E-state index contributed by atoms with van der Waals surface area (Å²) in [5.41, 5.74) is -0.104. The van der Waals surface area contributed by atoms with Crippen LogP contribution in [0.15, 0.2) is 12.1 Å². The summed E-state index contributed by atoms with van der Waals surface area (Å²) in [4.78, 5) is 10.4. The zero-order chi connectivity index (χ0) is 11.6. The number of phenols is 1. The highest BCUT2D eigenvalue weighted by Gasteiger charge is 2.31. The van der Waals surface area contributed by atoms with Gasteiger partial charge in [-0.25, -0.2) is 0 Å². The lowest BCUT2D eigenvalue weighted by Crippen LogP contribution is -2.17. The second kappa shape index (κ2) is 3.80. The van der Waals surface area contributed by atoms with Gasteiger partial charge in [0, 0.05) is 0 Å². The first kappa shape index (κ1) is 11.4. The number of rotatable bonds is 2. The zero-order valence-corrected chi connectivity index (χ0v) is 7.63. The van der Waals surface area contributed by atoms with Gasteiger partial charge >= 0.3 is 6.36 Å². The van der Waals surface area contributed by atoms with E-state index in [2.05, 4.69) is 4.74 Å². The molecule has 6 heteroatoms. The summed E-state index contributed by atoms with van der Waals surface area (Å²) in [6.45, 7) is 1.37. The Bertz CT molecular complexity index is 385. The average Bonchev–Trinajstić information content (AvgIpc) is 2.08. The van der Waals surface area contributed by atoms with E-state index in [9.17, 15) is 23.1 Å². The molecule has 0 unspecified atom stereocenters. The molecule has 1 N–H and O–H groups in total. The van der Waals surface area contributed by atoms with Crippen LogP contribution in [-0.2, 0) is 0 Å². The number of ether oxygens (including phenoxy) is 1. The highest BCUT2D eigenvalue weighted by Crippen LogP contribution is 2.29. The van der Waals surface area contributed by atoms with E-state index in [1.54, 1.807) is 0 Å². The van der Waals surface area contributed by atoms with E-state index < -0.39 is 12.1 Å². The number of hydrogen-bond donors (Lipinski definition) is 1. The Morgan fingerprint density at radius 1 is 1.40 bits per heavy atom. The van der Waals surface area contributed by atoms with Gasteiger partial charge in [0.05, 0.1) is 5.56 Å². The number of phenolic OH excluding ortho intramolecular Hbond substituents is 1. The monoisotopic (exact) mass is 220 g/mol. The summed E-state index contributed by atoms with van der Waals surface area (Å²) < 4.78 is 39.1. The van der Waals surface area contributed by atoms with Crippen molar-refractivity contribution in [1.82, 2.24) is 0 Å². The first-order chi connectivity index (χ1) is 6.83. The molecule has 0 aliphatic carbocycles. The van der Waals surface area contributed by atoms with Crippen LogP contribution in [0.4, 0.5) is 13.2 Å². The van der Waals surface area contributed by atoms with Gasteiger partial charge in [0.1, 0.15) is 11.5 Å². The van der Waals surface area contributed by atoms with E-state index in [-0.39, 0.29) is 23.2 Å². The van der Waals surface area contributed by atoms with Gasteiger partial charge < -0.3 is 9.84 Å². The minimum Gasteiger partial charge on any atom is -0.507 e. The van der Waals surface area contributed by atoms with E-state index in [1.165, 1.54) is 6.92 Å². The van der Waals surface area contributed by atoms with Crippen molar-refractivity contribution in [2.24, 2.45) is 0 Å².